The Morgan fingerprint density at radius 1 is 1.00 bits per heavy atom. The molecule has 1 saturated carbocycles. The molecule has 0 aliphatic heterocycles. The summed E-state index contributed by atoms with van der Waals surface area (Å²) in [6, 6.07) is 0. The molecule has 0 saturated heterocycles. The van der Waals surface area contributed by atoms with Gasteiger partial charge in [0.2, 0.25) is 0 Å². The first kappa shape index (κ1) is 12.5. The van der Waals surface area contributed by atoms with E-state index in [1.807, 2.05) is 6.20 Å². The molecule has 0 amide bonds. The molecule has 0 bridgehead atoms. The van der Waals surface area contributed by atoms with Crippen LogP contribution >= 0.6 is 0 Å². The number of hydrogen-bond donors (Lipinski definition) is 0. The Hall–Kier alpha value is -0.920. The summed E-state index contributed by atoms with van der Waals surface area (Å²) in [5.41, 5.74) is 2.81. The van der Waals surface area contributed by atoms with Crippen LogP contribution in [0.25, 0.3) is 0 Å². The van der Waals surface area contributed by atoms with Gasteiger partial charge >= 0.3 is 0 Å². The molecule has 0 N–H and O–H groups in total. The van der Waals surface area contributed by atoms with Gasteiger partial charge in [-0.2, -0.15) is 0 Å². The van der Waals surface area contributed by atoms with E-state index in [1.54, 1.807) is 6.20 Å². The van der Waals surface area contributed by atoms with E-state index in [9.17, 15) is 0 Å². The Kier molecular flexibility index (Phi) is 3.50. The number of aryl methyl sites for hydroxylation is 1. The molecule has 1 aliphatic carbocycles. The zero-order valence-electron chi connectivity index (χ0n) is 11.5. The molecule has 2 nitrogen and oxygen atoms in total. The highest BCUT2D eigenvalue weighted by Crippen LogP contribution is 2.42. The molecule has 2 rings (SSSR count). The van der Waals surface area contributed by atoms with Gasteiger partial charge in [0.1, 0.15) is 0 Å². The van der Waals surface area contributed by atoms with Gasteiger partial charge in [0, 0.05) is 18.3 Å². The molecule has 1 aromatic rings. The summed E-state index contributed by atoms with van der Waals surface area (Å²) in [5.74, 6) is 1.51. The molecule has 0 spiro atoms. The molecule has 1 fully saturated rings. The van der Waals surface area contributed by atoms with E-state index in [0.29, 0.717) is 11.3 Å². The third-order valence-electron chi connectivity index (χ3n) is 4.26. The molecule has 2 heteroatoms. The Morgan fingerprint density at radius 2 is 1.59 bits per heavy atom. The fraction of sp³-hybridized carbons (Fsp3) is 0.733. The average Bonchev–Trinajstić information content (AvgIpc) is 2.29. The summed E-state index contributed by atoms with van der Waals surface area (Å²) < 4.78 is 0. The maximum atomic E-state index is 4.53. The van der Waals surface area contributed by atoms with Crippen LogP contribution in [0.3, 0.4) is 0 Å². The van der Waals surface area contributed by atoms with Crippen molar-refractivity contribution in [3.05, 3.63) is 23.8 Å². The van der Waals surface area contributed by atoms with E-state index in [4.69, 9.17) is 0 Å². The second kappa shape index (κ2) is 4.75. The highest BCUT2D eigenvalue weighted by molar-refractivity contribution is 5.14. The SMILES string of the molecule is Cc1nccnc1C1CCC(C(C)(C)C)CC1. The normalized spacial score (nSPS) is 25.9. The minimum Gasteiger partial charge on any atom is -0.258 e. The third-order valence-corrected chi connectivity index (χ3v) is 4.26. The molecule has 0 radical (unpaired) electrons. The number of rotatable bonds is 1. The molecular weight excluding hydrogens is 208 g/mol. The lowest BCUT2D eigenvalue weighted by atomic mass is 9.69. The van der Waals surface area contributed by atoms with Crippen LogP contribution in [0.1, 0.15) is 63.8 Å². The first-order valence-electron chi connectivity index (χ1n) is 6.76. The first-order valence-corrected chi connectivity index (χ1v) is 6.76. The fourth-order valence-electron chi connectivity index (χ4n) is 3.05. The predicted octanol–water partition coefficient (Wildman–Crippen LogP) is 4.10. The molecule has 94 valence electrons. The van der Waals surface area contributed by atoms with Gasteiger partial charge in [0.25, 0.3) is 0 Å². The highest BCUT2D eigenvalue weighted by atomic mass is 14.8. The maximum absolute atomic E-state index is 4.53. The van der Waals surface area contributed by atoms with Crippen molar-refractivity contribution in [3.8, 4) is 0 Å². The molecular formula is C15H24N2. The standard InChI is InChI=1S/C15H24N2/c1-11-14(17-10-9-16-11)12-5-7-13(8-6-12)15(2,3)4/h9-10,12-13H,5-8H2,1-4H3. The summed E-state index contributed by atoms with van der Waals surface area (Å²) in [6.07, 6.45) is 8.86. The lowest BCUT2D eigenvalue weighted by Gasteiger charge is -2.37. The number of nitrogens with zero attached hydrogens (tertiary/aromatic N) is 2. The Labute approximate surface area is 105 Å². The van der Waals surface area contributed by atoms with Crippen LogP contribution in [-0.4, -0.2) is 9.97 Å². The number of hydrogen-bond acceptors (Lipinski definition) is 2. The molecule has 17 heavy (non-hydrogen) atoms. The molecule has 0 atom stereocenters. The molecule has 0 unspecified atom stereocenters. The van der Waals surface area contributed by atoms with Gasteiger partial charge in [-0.15, -0.1) is 0 Å². The maximum Gasteiger partial charge on any atom is 0.0646 e. The van der Waals surface area contributed by atoms with Crippen LogP contribution in [0.2, 0.25) is 0 Å². The van der Waals surface area contributed by atoms with E-state index in [2.05, 4.69) is 37.7 Å². The van der Waals surface area contributed by atoms with Gasteiger partial charge in [0.15, 0.2) is 0 Å². The summed E-state index contributed by atoms with van der Waals surface area (Å²) >= 11 is 0. The Morgan fingerprint density at radius 3 is 2.12 bits per heavy atom. The lowest BCUT2D eigenvalue weighted by molar-refractivity contribution is 0.168. The highest BCUT2D eigenvalue weighted by Gasteiger charge is 2.31. The van der Waals surface area contributed by atoms with Crippen molar-refractivity contribution in [2.45, 2.75) is 59.3 Å². The van der Waals surface area contributed by atoms with Gasteiger partial charge in [-0.1, -0.05) is 20.8 Å². The van der Waals surface area contributed by atoms with Crippen LogP contribution in [0.5, 0.6) is 0 Å². The second-order valence-corrected chi connectivity index (χ2v) is 6.44. The number of aromatic nitrogens is 2. The summed E-state index contributed by atoms with van der Waals surface area (Å²) in [7, 11) is 0. The fourth-order valence-corrected chi connectivity index (χ4v) is 3.05. The van der Waals surface area contributed by atoms with Crippen molar-refractivity contribution in [1.82, 2.24) is 9.97 Å². The van der Waals surface area contributed by atoms with Crippen molar-refractivity contribution in [2.24, 2.45) is 11.3 Å². The smallest absolute Gasteiger partial charge is 0.0646 e. The topological polar surface area (TPSA) is 25.8 Å². The zero-order chi connectivity index (χ0) is 12.5. The predicted molar refractivity (Wildman–Crippen MR) is 70.9 cm³/mol. The van der Waals surface area contributed by atoms with E-state index in [-0.39, 0.29) is 0 Å². The zero-order valence-corrected chi connectivity index (χ0v) is 11.5. The van der Waals surface area contributed by atoms with Crippen LogP contribution in [-0.2, 0) is 0 Å². The van der Waals surface area contributed by atoms with Gasteiger partial charge in [-0.3, -0.25) is 9.97 Å². The molecule has 1 aromatic heterocycles. The van der Waals surface area contributed by atoms with Crippen molar-refractivity contribution in [3.63, 3.8) is 0 Å². The molecule has 1 aliphatic rings. The Balaban J connectivity index is 2.03. The van der Waals surface area contributed by atoms with E-state index in [1.165, 1.54) is 31.4 Å². The van der Waals surface area contributed by atoms with Gasteiger partial charge < -0.3 is 0 Å². The van der Waals surface area contributed by atoms with Crippen molar-refractivity contribution in [1.29, 1.82) is 0 Å². The monoisotopic (exact) mass is 232 g/mol. The van der Waals surface area contributed by atoms with Crippen molar-refractivity contribution < 1.29 is 0 Å². The quantitative estimate of drug-likeness (QED) is 0.728. The van der Waals surface area contributed by atoms with E-state index in [0.717, 1.165) is 11.6 Å². The van der Waals surface area contributed by atoms with E-state index >= 15 is 0 Å². The van der Waals surface area contributed by atoms with Crippen LogP contribution in [0.15, 0.2) is 12.4 Å². The van der Waals surface area contributed by atoms with Gasteiger partial charge in [-0.25, -0.2) is 0 Å². The summed E-state index contributed by atoms with van der Waals surface area (Å²) in [4.78, 5) is 8.89. The van der Waals surface area contributed by atoms with Crippen molar-refractivity contribution in [2.75, 3.05) is 0 Å². The van der Waals surface area contributed by atoms with Gasteiger partial charge in [0.05, 0.1) is 11.4 Å². The minimum absolute atomic E-state index is 0.461. The van der Waals surface area contributed by atoms with Crippen LogP contribution < -0.4 is 0 Å². The third kappa shape index (κ3) is 2.85. The second-order valence-electron chi connectivity index (χ2n) is 6.44. The first-order chi connectivity index (χ1) is 7.98. The summed E-state index contributed by atoms with van der Waals surface area (Å²) in [5, 5.41) is 0. The van der Waals surface area contributed by atoms with Crippen molar-refractivity contribution >= 4 is 0 Å². The molecule has 0 aromatic carbocycles. The van der Waals surface area contributed by atoms with Crippen LogP contribution in [0, 0.1) is 18.3 Å². The van der Waals surface area contributed by atoms with E-state index < -0.39 is 0 Å². The Bertz CT molecular complexity index is 371. The largest absolute Gasteiger partial charge is 0.258 e. The summed E-state index contributed by atoms with van der Waals surface area (Å²) in [6.45, 7) is 9.18. The van der Waals surface area contributed by atoms with Gasteiger partial charge in [-0.05, 0) is 43.9 Å². The average molecular weight is 232 g/mol. The molecule has 1 heterocycles. The minimum atomic E-state index is 0.461. The van der Waals surface area contributed by atoms with Crippen LogP contribution in [0.4, 0.5) is 0 Å². The lowest BCUT2D eigenvalue weighted by Crippen LogP contribution is -2.25.